The Kier molecular flexibility index (Phi) is 5.24. The summed E-state index contributed by atoms with van der Waals surface area (Å²) in [5.41, 5.74) is 2.63. The second kappa shape index (κ2) is 8.43. The molecule has 2 aromatic carbocycles. The lowest BCUT2D eigenvalue weighted by Crippen LogP contribution is -2.34. The monoisotopic (exact) mass is 481 g/mol. The molecule has 1 saturated heterocycles. The summed E-state index contributed by atoms with van der Waals surface area (Å²) in [4.78, 5) is 12.1. The lowest BCUT2D eigenvalue weighted by atomic mass is 9.92. The molecular formula is C24H21F2N5O2S. The zero-order valence-electron chi connectivity index (χ0n) is 18.1. The molecule has 34 heavy (non-hydrogen) atoms. The van der Waals surface area contributed by atoms with E-state index in [4.69, 9.17) is 14.5 Å². The highest BCUT2D eigenvalue weighted by atomic mass is 32.2. The molecule has 0 saturated carbocycles. The first-order valence-corrected chi connectivity index (χ1v) is 12.5. The van der Waals surface area contributed by atoms with E-state index < -0.39 is 10.8 Å². The van der Waals surface area contributed by atoms with Gasteiger partial charge in [-0.05, 0) is 43.2 Å². The Bertz CT molecular complexity index is 1420. The van der Waals surface area contributed by atoms with Crippen LogP contribution >= 0.6 is 0 Å². The molecule has 4 heterocycles. The van der Waals surface area contributed by atoms with Crippen LogP contribution < -0.4 is 10.2 Å². The van der Waals surface area contributed by atoms with Crippen LogP contribution in [0, 0.1) is 11.6 Å². The maximum Gasteiger partial charge on any atom is 0.227 e. The van der Waals surface area contributed by atoms with Gasteiger partial charge in [-0.3, -0.25) is 4.21 Å². The van der Waals surface area contributed by atoms with E-state index in [1.165, 1.54) is 24.3 Å². The number of benzene rings is 2. The van der Waals surface area contributed by atoms with E-state index in [0.717, 1.165) is 29.6 Å². The molecule has 0 amide bonds. The molecule has 4 aromatic rings. The lowest BCUT2D eigenvalue weighted by Gasteiger charge is -2.31. The van der Waals surface area contributed by atoms with Gasteiger partial charge in [-0.1, -0.05) is 11.2 Å². The predicted octanol–water partition coefficient (Wildman–Crippen LogP) is 4.69. The van der Waals surface area contributed by atoms with Gasteiger partial charge in [0.05, 0.1) is 22.2 Å². The number of aromatic nitrogens is 3. The van der Waals surface area contributed by atoms with Gasteiger partial charge in [0.2, 0.25) is 5.95 Å². The molecule has 10 heteroatoms. The van der Waals surface area contributed by atoms with Crippen LogP contribution in [0.3, 0.4) is 0 Å². The molecule has 0 bridgehead atoms. The van der Waals surface area contributed by atoms with Gasteiger partial charge in [-0.2, -0.15) is 4.98 Å². The summed E-state index contributed by atoms with van der Waals surface area (Å²) < 4.78 is 45.1. The third-order valence-electron chi connectivity index (χ3n) is 6.39. The number of nitrogens with one attached hydrogen (secondary N) is 1. The first-order valence-electron chi connectivity index (χ1n) is 11.2. The molecule has 2 aliphatic heterocycles. The summed E-state index contributed by atoms with van der Waals surface area (Å²) in [6, 6.07) is 10.6. The van der Waals surface area contributed by atoms with Crippen LogP contribution in [-0.4, -0.2) is 38.2 Å². The highest BCUT2D eigenvalue weighted by Crippen LogP contribution is 2.36. The van der Waals surface area contributed by atoms with E-state index in [0.29, 0.717) is 53.2 Å². The zero-order valence-corrected chi connectivity index (χ0v) is 18.9. The average molecular weight is 482 g/mol. The van der Waals surface area contributed by atoms with Crippen molar-refractivity contribution < 1.29 is 17.5 Å². The van der Waals surface area contributed by atoms with Gasteiger partial charge in [0.1, 0.15) is 16.5 Å². The van der Waals surface area contributed by atoms with Crippen molar-refractivity contribution in [3.63, 3.8) is 0 Å². The summed E-state index contributed by atoms with van der Waals surface area (Å²) in [6.07, 6.45) is 2.25. The largest absolute Gasteiger partial charge is 0.356 e. The molecule has 174 valence electrons. The maximum atomic E-state index is 13.7. The minimum absolute atomic E-state index is 0.190. The number of anilines is 3. The van der Waals surface area contributed by atoms with Gasteiger partial charge in [-0.15, -0.1) is 0 Å². The predicted molar refractivity (Wildman–Crippen MR) is 125 cm³/mol. The molecule has 0 spiro atoms. The number of halogens is 2. The van der Waals surface area contributed by atoms with Crippen molar-refractivity contribution in [2.45, 2.75) is 30.1 Å². The molecule has 1 fully saturated rings. The Hall–Kier alpha value is -3.40. The Balaban J connectivity index is 1.25. The van der Waals surface area contributed by atoms with Gasteiger partial charge in [-0.25, -0.2) is 13.8 Å². The van der Waals surface area contributed by atoms with Crippen molar-refractivity contribution in [3.05, 3.63) is 65.5 Å². The second-order valence-corrected chi connectivity index (χ2v) is 10.1. The minimum atomic E-state index is -1.19. The van der Waals surface area contributed by atoms with Crippen molar-refractivity contribution in [1.82, 2.24) is 15.1 Å². The molecule has 2 aliphatic rings. The Morgan fingerprint density at radius 1 is 1.06 bits per heavy atom. The minimum Gasteiger partial charge on any atom is -0.356 e. The quantitative estimate of drug-likeness (QED) is 0.453. The molecule has 1 unspecified atom stereocenters. The van der Waals surface area contributed by atoms with E-state index in [2.05, 4.69) is 15.4 Å². The second-order valence-electron chi connectivity index (χ2n) is 8.55. The average Bonchev–Trinajstić information content (AvgIpc) is 3.42. The van der Waals surface area contributed by atoms with Crippen LogP contribution in [0.25, 0.3) is 11.0 Å². The van der Waals surface area contributed by atoms with Gasteiger partial charge in [0.15, 0.2) is 11.4 Å². The molecule has 6 rings (SSSR count). The fourth-order valence-corrected chi connectivity index (χ4v) is 6.00. The number of hydrogen-bond donors (Lipinski definition) is 1. The molecule has 7 nitrogen and oxygen atoms in total. The third kappa shape index (κ3) is 3.81. The smallest absolute Gasteiger partial charge is 0.227 e. The fraction of sp³-hybridized carbons (Fsp3) is 0.292. The van der Waals surface area contributed by atoms with Crippen LogP contribution in [0.1, 0.15) is 30.1 Å². The van der Waals surface area contributed by atoms with Crippen molar-refractivity contribution in [1.29, 1.82) is 0 Å². The number of fused-ring (bicyclic) bond motifs is 2. The third-order valence-corrected chi connectivity index (χ3v) is 7.85. The fourth-order valence-electron chi connectivity index (χ4n) is 4.69. The molecule has 1 N–H and O–H groups in total. The van der Waals surface area contributed by atoms with Crippen molar-refractivity contribution in [2.75, 3.05) is 29.1 Å². The summed E-state index contributed by atoms with van der Waals surface area (Å²) >= 11 is 0. The van der Waals surface area contributed by atoms with Crippen LogP contribution in [0.2, 0.25) is 0 Å². The summed E-state index contributed by atoms with van der Waals surface area (Å²) in [5, 5.41) is 8.21. The van der Waals surface area contributed by atoms with Crippen LogP contribution in [0.4, 0.5) is 26.2 Å². The highest BCUT2D eigenvalue weighted by molar-refractivity contribution is 7.85. The van der Waals surface area contributed by atoms with E-state index >= 15 is 0 Å². The summed E-state index contributed by atoms with van der Waals surface area (Å²) in [5.74, 6) is 1.03. The van der Waals surface area contributed by atoms with E-state index in [9.17, 15) is 13.0 Å². The van der Waals surface area contributed by atoms with Gasteiger partial charge in [0.25, 0.3) is 0 Å². The Morgan fingerprint density at radius 2 is 1.88 bits per heavy atom. The van der Waals surface area contributed by atoms with Crippen LogP contribution in [0.15, 0.2) is 51.9 Å². The van der Waals surface area contributed by atoms with Crippen molar-refractivity contribution >= 4 is 39.2 Å². The Morgan fingerprint density at radius 3 is 2.71 bits per heavy atom. The maximum absolute atomic E-state index is 13.7. The summed E-state index contributed by atoms with van der Waals surface area (Å²) in [7, 11) is -1.19. The number of hydrogen-bond acceptors (Lipinski definition) is 7. The van der Waals surface area contributed by atoms with E-state index in [1.54, 1.807) is 18.2 Å². The highest BCUT2D eigenvalue weighted by Gasteiger charge is 2.30. The molecule has 2 aromatic heterocycles. The van der Waals surface area contributed by atoms with Crippen molar-refractivity contribution in [2.24, 2.45) is 0 Å². The normalized spacial score (nSPS) is 18.4. The SMILES string of the molecule is O=S1CCc2nc(N3CCC(c4noc5cc(F)ccc45)CC3)nc(Nc3cccc(F)c3)c21. The van der Waals surface area contributed by atoms with E-state index in [1.807, 2.05) is 0 Å². The van der Waals surface area contributed by atoms with Crippen LogP contribution in [0.5, 0.6) is 0 Å². The van der Waals surface area contributed by atoms with E-state index in [-0.39, 0.29) is 17.6 Å². The van der Waals surface area contributed by atoms with Gasteiger partial charge >= 0.3 is 0 Å². The number of rotatable bonds is 4. The molecule has 1 atom stereocenters. The standard InChI is InChI=1S/C24H21F2N5O2S/c25-15-2-1-3-17(12-15)27-23-22-19(8-11-34(22)32)28-24(29-23)31-9-6-14(7-10-31)21-18-5-4-16(26)13-20(18)33-30-21/h1-5,12-14H,6-11H2,(H,27,28,29). The van der Waals surface area contributed by atoms with Crippen molar-refractivity contribution in [3.8, 4) is 0 Å². The molecule has 0 aliphatic carbocycles. The first kappa shape index (κ1) is 21.2. The van der Waals surface area contributed by atoms with Crippen LogP contribution in [-0.2, 0) is 17.2 Å². The zero-order chi connectivity index (χ0) is 23.2. The Labute approximate surface area is 196 Å². The number of piperidine rings is 1. The van der Waals surface area contributed by atoms with Gasteiger partial charge in [0, 0.05) is 48.3 Å². The van der Waals surface area contributed by atoms with Gasteiger partial charge < -0.3 is 14.7 Å². The lowest BCUT2D eigenvalue weighted by molar-refractivity contribution is 0.415. The topological polar surface area (TPSA) is 84.2 Å². The first-order chi connectivity index (χ1) is 16.5. The molecule has 0 radical (unpaired) electrons. The number of nitrogens with zero attached hydrogens (tertiary/aromatic N) is 4. The molecular weight excluding hydrogens is 460 g/mol. The number of aryl methyl sites for hydroxylation is 1. The summed E-state index contributed by atoms with van der Waals surface area (Å²) in [6.45, 7) is 1.42.